The molecule has 1 aliphatic heterocycles. The SMILES string of the molecule is Cc1c(C(=O)N2C(C)SCC2C(=O)O)sc2ccccc12. The number of carbonyl (C=O) groups excluding carboxylic acids is 1. The summed E-state index contributed by atoms with van der Waals surface area (Å²) in [4.78, 5) is 26.3. The van der Waals surface area contributed by atoms with E-state index in [0.29, 0.717) is 10.6 Å². The van der Waals surface area contributed by atoms with Crippen LogP contribution < -0.4 is 0 Å². The molecule has 0 spiro atoms. The van der Waals surface area contributed by atoms with Gasteiger partial charge in [0.1, 0.15) is 6.04 Å². The summed E-state index contributed by atoms with van der Waals surface area (Å²) >= 11 is 2.95. The number of hydrogen-bond acceptors (Lipinski definition) is 4. The van der Waals surface area contributed by atoms with E-state index in [1.165, 1.54) is 28.0 Å². The fourth-order valence-electron chi connectivity index (χ4n) is 2.64. The summed E-state index contributed by atoms with van der Waals surface area (Å²) in [6.07, 6.45) is 0. The molecule has 2 unspecified atom stereocenters. The van der Waals surface area contributed by atoms with Crippen LogP contribution in [-0.4, -0.2) is 39.1 Å². The van der Waals surface area contributed by atoms with Crippen molar-refractivity contribution in [2.45, 2.75) is 25.3 Å². The second-order valence-corrected chi connectivity index (χ2v) is 7.45. The zero-order valence-electron chi connectivity index (χ0n) is 11.7. The summed E-state index contributed by atoms with van der Waals surface area (Å²) in [7, 11) is 0. The van der Waals surface area contributed by atoms with Crippen molar-refractivity contribution in [2.75, 3.05) is 5.75 Å². The quantitative estimate of drug-likeness (QED) is 0.923. The van der Waals surface area contributed by atoms with E-state index in [1.54, 1.807) is 0 Å². The summed E-state index contributed by atoms with van der Waals surface area (Å²) in [6, 6.07) is 7.14. The molecule has 4 nitrogen and oxygen atoms in total. The fraction of sp³-hybridized carbons (Fsp3) is 0.333. The first-order valence-electron chi connectivity index (χ1n) is 6.66. The molecule has 6 heteroatoms. The summed E-state index contributed by atoms with van der Waals surface area (Å²) < 4.78 is 1.06. The van der Waals surface area contributed by atoms with Crippen molar-refractivity contribution >= 4 is 45.1 Å². The fourth-order valence-corrected chi connectivity index (χ4v) is 4.96. The lowest BCUT2D eigenvalue weighted by atomic mass is 10.1. The summed E-state index contributed by atoms with van der Waals surface area (Å²) in [5.41, 5.74) is 0.939. The second-order valence-electron chi connectivity index (χ2n) is 5.05. The van der Waals surface area contributed by atoms with Gasteiger partial charge in [0.2, 0.25) is 0 Å². The number of carboxylic acid groups (broad SMARTS) is 1. The van der Waals surface area contributed by atoms with E-state index >= 15 is 0 Å². The lowest BCUT2D eigenvalue weighted by molar-refractivity contribution is -0.141. The van der Waals surface area contributed by atoms with Crippen molar-refractivity contribution in [1.29, 1.82) is 0 Å². The molecule has 1 amide bonds. The predicted molar refractivity (Wildman–Crippen MR) is 86.1 cm³/mol. The minimum Gasteiger partial charge on any atom is -0.480 e. The molecular formula is C15H15NO3S2. The molecule has 1 aromatic carbocycles. The van der Waals surface area contributed by atoms with E-state index in [-0.39, 0.29) is 11.3 Å². The van der Waals surface area contributed by atoms with E-state index in [4.69, 9.17) is 0 Å². The maximum Gasteiger partial charge on any atom is 0.327 e. The molecular weight excluding hydrogens is 306 g/mol. The minimum absolute atomic E-state index is 0.108. The number of carboxylic acids is 1. The van der Waals surface area contributed by atoms with Gasteiger partial charge in [0.15, 0.2) is 0 Å². The Kier molecular flexibility index (Phi) is 3.67. The van der Waals surface area contributed by atoms with Gasteiger partial charge in [-0.1, -0.05) is 18.2 Å². The number of amides is 1. The smallest absolute Gasteiger partial charge is 0.327 e. The molecule has 21 heavy (non-hydrogen) atoms. The number of nitrogens with zero attached hydrogens (tertiary/aromatic N) is 1. The lowest BCUT2D eigenvalue weighted by Crippen LogP contribution is -2.44. The Morgan fingerprint density at radius 2 is 2.05 bits per heavy atom. The Morgan fingerprint density at radius 3 is 2.71 bits per heavy atom. The number of fused-ring (bicyclic) bond motifs is 1. The Balaban J connectivity index is 2.03. The topological polar surface area (TPSA) is 57.6 Å². The molecule has 0 bridgehead atoms. The van der Waals surface area contributed by atoms with Gasteiger partial charge < -0.3 is 10.0 Å². The van der Waals surface area contributed by atoms with Crippen molar-refractivity contribution in [3.8, 4) is 0 Å². The van der Waals surface area contributed by atoms with Crippen LogP contribution in [-0.2, 0) is 4.79 Å². The van der Waals surface area contributed by atoms with Gasteiger partial charge in [0, 0.05) is 10.5 Å². The lowest BCUT2D eigenvalue weighted by Gasteiger charge is -2.24. The van der Waals surface area contributed by atoms with Gasteiger partial charge in [-0.05, 0) is 30.9 Å². The molecule has 1 aliphatic rings. The van der Waals surface area contributed by atoms with Crippen LogP contribution in [0.2, 0.25) is 0 Å². The van der Waals surface area contributed by atoms with Crippen LogP contribution in [0.4, 0.5) is 0 Å². The third-order valence-corrected chi connectivity index (χ3v) is 6.26. The second kappa shape index (κ2) is 5.35. The Morgan fingerprint density at radius 1 is 1.33 bits per heavy atom. The highest BCUT2D eigenvalue weighted by molar-refractivity contribution is 8.00. The molecule has 1 saturated heterocycles. The first kappa shape index (κ1) is 14.4. The summed E-state index contributed by atoms with van der Waals surface area (Å²) in [5, 5.41) is 10.3. The van der Waals surface area contributed by atoms with Gasteiger partial charge in [-0.2, -0.15) is 0 Å². The monoisotopic (exact) mass is 321 g/mol. The van der Waals surface area contributed by atoms with E-state index in [1.807, 2.05) is 38.1 Å². The molecule has 1 fully saturated rings. The zero-order valence-corrected chi connectivity index (χ0v) is 13.3. The normalized spacial score (nSPS) is 21.9. The standard InChI is InChI=1S/C15H15NO3S2/c1-8-10-5-3-4-6-12(10)21-13(8)14(17)16-9(2)20-7-11(16)15(18)19/h3-6,9,11H,7H2,1-2H3,(H,18,19). The number of aliphatic carboxylic acids is 1. The highest BCUT2D eigenvalue weighted by atomic mass is 32.2. The van der Waals surface area contributed by atoms with Crippen LogP contribution in [0.15, 0.2) is 24.3 Å². The number of rotatable bonds is 2. The summed E-state index contributed by atoms with van der Waals surface area (Å²) in [5.74, 6) is -0.649. The van der Waals surface area contributed by atoms with Gasteiger partial charge in [-0.15, -0.1) is 23.1 Å². The predicted octanol–water partition coefficient (Wildman–Crippen LogP) is 3.20. The maximum atomic E-state index is 12.8. The first-order chi connectivity index (χ1) is 10.0. The zero-order chi connectivity index (χ0) is 15.1. The molecule has 2 aromatic rings. The van der Waals surface area contributed by atoms with E-state index in [9.17, 15) is 14.7 Å². The molecule has 0 aliphatic carbocycles. The molecule has 1 N–H and O–H groups in total. The Labute approximate surface area is 130 Å². The molecule has 3 rings (SSSR count). The highest BCUT2D eigenvalue weighted by Gasteiger charge is 2.40. The number of carbonyl (C=O) groups is 2. The molecule has 2 atom stereocenters. The minimum atomic E-state index is -0.932. The van der Waals surface area contributed by atoms with Crippen molar-refractivity contribution in [3.05, 3.63) is 34.7 Å². The molecule has 1 aromatic heterocycles. The van der Waals surface area contributed by atoms with Gasteiger partial charge in [0.25, 0.3) is 5.91 Å². The average Bonchev–Trinajstić information content (AvgIpc) is 3.00. The van der Waals surface area contributed by atoms with Gasteiger partial charge in [-0.3, -0.25) is 4.79 Å². The summed E-state index contributed by atoms with van der Waals surface area (Å²) in [6.45, 7) is 3.81. The molecule has 0 saturated carbocycles. The van der Waals surface area contributed by atoms with Gasteiger partial charge >= 0.3 is 5.97 Å². The average molecular weight is 321 g/mol. The van der Waals surface area contributed by atoms with E-state index < -0.39 is 12.0 Å². The third kappa shape index (κ3) is 2.32. The van der Waals surface area contributed by atoms with Gasteiger partial charge in [-0.25, -0.2) is 4.79 Å². The Bertz CT molecular complexity index is 725. The van der Waals surface area contributed by atoms with Crippen LogP contribution >= 0.6 is 23.1 Å². The van der Waals surface area contributed by atoms with Crippen LogP contribution in [0.5, 0.6) is 0 Å². The van der Waals surface area contributed by atoms with E-state index in [0.717, 1.165) is 15.6 Å². The van der Waals surface area contributed by atoms with Gasteiger partial charge in [0.05, 0.1) is 10.3 Å². The van der Waals surface area contributed by atoms with E-state index in [2.05, 4.69) is 0 Å². The largest absolute Gasteiger partial charge is 0.480 e. The third-order valence-electron chi connectivity index (χ3n) is 3.78. The van der Waals surface area contributed by atoms with Crippen LogP contribution in [0.25, 0.3) is 10.1 Å². The number of benzene rings is 1. The molecule has 0 radical (unpaired) electrons. The first-order valence-corrected chi connectivity index (χ1v) is 8.52. The van der Waals surface area contributed by atoms with Crippen LogP contribution in [0.3, 0.4) is 0 Å². The number of thiophene rings is 1. The van der Waals surface area contributed by atoms with Crippen molar-refractivity contribution < 1.29 is 14.7 Å². The number of hydrogen-bond donors (Lipinski definition) is 1. The molecule has 110 valence electrons. The number of aryl methyl sites for hydroxylation is 1. The highest BCUT2D eigenvalue weighted by Crippen LogP contribution is 2.36. The number of thioether (sulfide) groups is 1. The van der Waals surface area contributed by atoms with Crippen molar-refractivity contribution in [3.63, 3.8) is 0 Å². The van der Waals surface area contributed by atoms with Crippen LogP contribution in [0.1, 0.15) is 22.2 Å². The molecule has 2 heterocycles. The van der Waals surface area contributed by atoms with Crippen molar-refractivity contribution in [2.24, 2.45) is 0 Å². The van der Waals surface area contributed by atoms with Crippen molar-refractivity contribution in [1.82, 2.24) is 4.90 Å². The maximum absolute atomic E-state index is 12.8. The van der Waals surface area contributed by atoms with Crippen LogP contribution in [0, 0.1) is 6.92 Å². The Hall–Kier alpha value is -1.53.